The quantitative estimate of drug-likeness (QED) is 0.204. The number of fused-ring (bicyclic) bond motifs is 3. The summed E-state index contributed by atoms with van der Waals surface area (Å²) >= 11 is 0. The molecule has 1 aliphatic heterocycles. The summed E-state index contributed by atoms with van der Waals surface area (Å²) in [5.74, 6) is 2.00. The zero-order valence-electron chi connectivity index (χ0n) is 24.8. The van der Waals surface area contributed by atoms with Crippen molar-refractivity contribution in [2.45, 2.75) is 13.3 Å². The van der Waals surface area contributed by atoms with E-state index < -0.39 is 0 Å². The highest BCUT2D eigenvalue weighted by atomic mass is 15.2. The molecule has 0 bridgehead atoms. The average Bonchev–Trinajstić information content (AvgIpc) is 3.69. The van der Waals surface area contributed by atoms with Gasteiger partial charge in [-0.1, -0.05) is 91.9 Å². The van der Waals surface area contributed by atoms with Gasteiger partial charge in [-0.2, -0.15) is 0 Å². The minimum absolute atomic E-state index is 0.847. The second kappa shape index (κ2) is 10.1. The highest BCUT2D eigenvalue weighted by molar-refractivity contribution is 6.07. The van der Waals surface area contributed by atoms with E-state index in [1.807, 2.05) is 12.1 Å². The van der Waals surface area contributed by atoms with Crippen molar-refractivity contribution in [1.82, 2.24) is 19.1 Å². The summed E-state index contributed by atoms with van der Waals surface area (Å²) in [6, 6.07) is 51.4. The Morgan fingerprint density at radius 1 is 0.511 bits per heavy atom. The van der Waals surface area contributed by atoms with Crippen LogP contribution in [0.2, 0.25) is 0 Å². The van der Waals surface area contributed by atoms with Gasteiger partial charge >= 0.3 is 0 Å². The van der Waals surface area contributed by atoms with E-state index in [4.69, 9.17) is 9.97 Å². The number of nitrogens with zero attached hydrogens (tertiary/aromatic N) is 5. The molecule has 8 aromatic rings. The molecule has 1 aliphatic rings. The normalized spacial score (nSPS) is 12.2. The standard InChI is InChI=1S/C40H29N5/c1-2-37-41-33-26-25-31(38-39(33)45(37)36-20-12-11-19-35(36)43(38)29-13-5-3-6-14-29)27-21-23-28(24-22-27)40-42-32-17-9-10-18-34(32)44(40)30-15-7-4-8-16-30/h3-26H,2H2,1H3. The van der Waals surface area contributed by atoms with Gasteiger partial charge < -0.3 is 4.90 Å². The van der Waals surface area contributed by atoms with Crippen LogP contribution in [0, 0.1) is 0 Å². The lowest BCUT2D eigenvalue weighted by molar-refractivity contribution is 0.900. The minimum atomic E-state index is 0.847. The topological polar surface area (TPSA) is 38.9 Å². The maximum Gasteiger partial charge on any atom is 0.145 e. The fourth-order valence-corrected chi connectivity index (χ4v) is 6.82. The van der Waals surface area contributed by atoms with Gasteiger partial charge in [0.1, 0.15) is 11.6 Å². The Morgan fingerprint density at radius 3 is 1.91 bits per heavy atom. The van der Waals surface area contributed by atoms with Crippen LogP contribution < -0.4 is 4.90 Å². The molecule has 9 rings (SSSR count). The second-order valence-electron chi connectivity index (χ2n) is 11.4. The number of aromatic nitrogens is 4. The van der Waals surface area contributed by atoms with Crippen molar-refractivity contribution >= 4 is 39.1 Å². The van der Waals surface area contributed by atoms with Gasteiger partial charge in [-0.3, -0.25) is 9.13 Å². The van der Waals surface area contributed by atoms with E-state index in [-0.39, 0.29) is 0 Å². The predicted octanol–water partition coefficient (Wildman–Crippen LogP) is 10.0. The van der Waals surface area contributed by atoms with Gasteiger partial charge in [-0.25, -0.2) is 9.97 Å². The largest absolute Gasteiger partial charge is 0.306 e. The maximum atomic E-state index is 5.10. The first-order chi connectivity index (χ1) is 22.3. The van der Waals surface area contributed by atoms with Crippen LogP contribution in [0.1, 0.15) is 12.7 Å². The van der Waals surface area contributed by atoms with Crippen molar-refractivity contribution in [3.8, 4) is 33.9 Å². The predicted molar refractivity (Wildman–Crippen MR) is 184 cm³/mol. The second-order valence-corrected chi connectivity index (χ2v) is 11.4. The fraction of sp³-hybridized carbons (Fsp3) is 0.0500. The van der Waals surface area contributed by atoms with E-state index in [9.17, 15) is 0 Å². The van der Waals surface area contributed by atoms with Crippen LogP contribution >= 0.6 is 0 Å². The Hall–Kier alpha value is -5.94. The molecule has 0 fully saturated rings. The summed E-state index contributed by atoms with van der Waals surface area (Å²) in [6.45, 7) is 2.18. The first kappa shape index (κ1) is 25.5. The van der Waals surface area contributed by atoms with Crippen molar-refractivity contribution in [3.05, 3.63) is 151 Å². The molecule has 214 valence electrons. The number of rotatable bonds is 5. The molecule has 0 spiro atoms. The molecule has 0 aliphatic carbocycles. The number of imidazole rings is 2. The van der Waals surface area contributed by atoms with E-state index in [0.717, 1.165) is 85.3 Å². The molecule has 3 heterocycles. The summed E-state index contributed by atoms with van der Waals surface area (Å²) in [5, 5.41) is 0. The molecule has 0 N–H and O–H groups in total. The van der Waals surface area contributed by atoms with Crippen molar-refractivity contribution in [2.75, 3.05) is 4.90 Å². The van der Waals surface area contributed by atoms with E-state index in [2.05, 4.69) is 154 Å². The van der Waals surface area contributed by atoms with Gasteiger partial charge in [0.05, 0.1) is 39.1 Å². The molecule has 0 radical (unpaired) electrons. The number of benzene rings is 6. The van der Waals surface area contributed by atoms with Crippen LogP contribution in [0.3, 0.4) is 0 Å². The van der Waals surface area contributed by atoms with E-state index in [1.54, 1.807) is 0 Å². The van der Waals surface area contributed by atoms with Gasteiger partial charge in [0.25, 0.3) is 0 Å². The van der Waals surface area contributed by atoms with Crippen LogP contribution in [-0.2, 0) is 6.42 Å². The first-order valence-electron chi connectivity index (χ1n) is 15.4. The molecule has 0 saturated heterocycles. The molecule has 45 heavy (non-hydrogen) atoms. The van der Waals surface area contributed by atoms with Crippen molar-refractivity contribution in [2.24, 2.45) is 0 Å². The molecule has 0 unspecified atom stereocenters. The van der Waals surface area contributed by atoms with Gasteiger partial charge in [0.2, 0.25) is 0 Å². The smallest absolute Gasteiger partial charge is 0.145 e. The molecule has 6 aromatic carbocycles. The van der Waals surface area contributed by atoms with E-state index >= 15 is 0 Å². The Morgan fingerprint density at radius 2 is 1.16 bits per heavy atom. The van der Waals surface area contributed by atoms with Crippen LogP contribution in [0.5, 0.6) is 0 Å². The molecule has 2 aromatic heterocycles. The van der Waals surface area contributed by atoms with Gasteiger partial charge in [-0.05, 0) is 66.2 Å². The highest BCUT2D eigenvalue weighted by Crippen LogP contribution is 2.51. The zero-order chi connectivity index (χ0) is 29.9. The number of aryl methyl sites for hydroxylation is 1. The molecular weight excluding hydrogens is 550 g/mol. The van der Waals surface area contributed by atoms with Crippen LogP contribution in [0.25, 0.3) is 56.0 Å². The Balaban J connectivity index is 1.26. The molecule has 0 amide bonds. The molecule has 5 nitrogen and oxygen atoms in total. The summed E-state index contributed by atoms with van der Waals surface area (Å²) in [4.78, 5) is 12.6. The van der Waals surface area contributed by atoms with E-state index in [1.165, 1.54) is 0 Å². The monoisotopic (exact) mass is 579 g/mol. The van der Waals surface area contributed by atoms with Crippen LogP contribution in [-0.4, -0.2) is 19.1 Å². The number of anilines is 3. The van der Waals surface area contributed by atoms with Crippen molar-refractivity contribution in [3.63, 3.8) is 0 Å². The molecule has 0 atom stereocenters. The zero-order valence-corrected chi connectivity index (χ0v) is 24.8. The fourth-order valence-electron chi connectivity index (χ4n) is 6.82. The first-order valence-corrected chi connectivity index (χ1v) is 15.4. The van der Waals surface area contributed by atoms with Crippen LogP contribution in [0.15, 0.2) is 146 Å². The lowest BCUT2D eigenvalue weighted by Crippen LogP contribution is -2.19. The number of para-hydroxylation sites is 6. The Labute approximate surface area is 261 Å². The summed E-state index contributed by atoms with van der Waals surface area (Å²) in [5.41, 5.74) is 13.3. The highest BCUT2D eigenvalue weighted by Gasteiger charge is 2.31. The van der Waals surface area contributed by atoms with Gasteiger partial charge in [0.15, 0.2) is 0 Å². The molecule has 5 heteroatoms. The summed E-state index contributed by atoms with van der Waals surface area (Å²) in [6.07, 6.45) is 0.847. The van der Waals surface area contributed by atoms with Crippen molar-refractivity contribution in [1.29, 1.82) is 0 Å². The lowest BCUT2D eigenvalue weighted by atomic mass is 9.97. The van der Waals surface area contributed by atoms with Gasteiger partial charge in [0, 0.05) is 28.9 Å². The third-order valence-corrected chi connectivity index (χ3v) is 8.81. The molecule has 0 saturated carbocycles. The summed E-state index contributed by atoms with van der Waals surface area (Å²) in [7, 11) is 0. The Kier molecular flexibility index (Phi) is 5.72. The Bertz CT molecular complexity index is 2350. The lowest BCUT2D eigenvalue weighted by Gasteiger charge is -2.34. The number of hydrogen-bond acceptors (Lipinski definition) is 3. The average molecular weight is 580 g/mol. The van der Waals surface area contributed by atoms with Crippen LogP contribution in [0.4, 0.5) is 17.1 Å². The van der Waals surface area contributed by atoms with Crippen molar-refractivity contribution < 1.29 is 0 Å². The minimum Gasteiger partial charge on any atom is -0.306 e. The summed E-state index contributed by atoms with van der Waals surface area (Å²) < 4.78 is 4.61. The van der Waals surface area contributed by atoms with E-state index in [0.29, 0.717) is 0 Å². The van der Waals surface area contributed by atoms with Gasteiger partial charge in [-0.15, -0.1) is 0 Å². The third kappa shape index (κ3) is 3.87. The SMILES string of the molecule is CCc1nc2ccc(-c3ccc(-c4nc5ccccc5n4-c4ccccc4)cc3)c3c2n1-c1ccccc1N3c1ccccc1. The maximum absolute atomic E-state index is 5.10. The molecular formula is C40H29N5. The third-order valence-electron chi connectivity index (χ3n) is 8.81. The number of hydrogen-bond donors (Lipinski definition) is 0.